The van der Waals surface area contributed by atoms with Crippen LogP contribution in [0.4, 0.5) is 14.5 Å². The normalized spacial score (nSPS) is 13.9. The van der Waals surface area contributed by atoms with Gasteiger partial charge in [-0.3, -0.25) is 4.79 Å². The topological polar surface area (TPSA) is 32.8 Å². The van der Waals surface area contributed by atoms with E-state index in [9.17, 15) is 13.6 Å². The Morgan fingerprint density at radius 2 is 2.17 bits per heavy atom. The summed E-state index contributed by atoms with van der Waals surface area (Å²) in [5.74, 6) is -2.18. The molecule has 18 heavy (non-hydrogen) atoms. The summed E-state index contributed by atoms with van der Waals surface area (Å²) in [5, 5.41) is 0. The van der Waals surface area contributed by atoms with Crippen LogP contribution in [0.2, 0.25) is 0 Å². The van der Waals surface area contributed by atoms with Gasteiger partial charge in [-0.2, -0.15) is 4.39 Å². The lowest BCUT2D eigenvalue weighted by Gasteiger charge is -2.31. The third-order valence-corrected chi connectivity index (χ3v) is 2.80. The Balaban J connectivity index is 2.29. The third-order valence-electron chi connectivity index (χ3n) is 2.80. The summed E-state index contributed by atoms with van der Waals surface area (Å²) >= 11 is 0. The molecule has 6 heteroatoms. The van der Waals surface area contributed by atoms with Gasteiger partial charge in [-0.25, -0.2) is 4.39 Å². The Morgan fingerprint density at radius 1 is 1.44 bits per heavy atom. The van der Waals surface area contributed by atoms with Gasteiger partial charge < -0.3 is 14.5 Å². The Morgan fingerprint density at radius 3 is 2.83 bits per heavy atom. The maximum atomic E-state index is 13.5. The summed E-state index contributed by atoms with van der Waals surface area (Å²) in [6.07, 6.45) is 0. The molecule has 0 N–H and O–H groups in total. The number of ether oxygens (including phenoxy) is 1. The Labute approximate surface area is 104 Å². The van der Waals surface area contributed by atoms with Crippen molar-refractivity contribution in [3.63, 3.8) is 0 Å². The van der Waals surface area contributed by atoms with Crippen molar-refractivity contribution in [1.29, 1.82) is 0 Å². The van der Waals surface area contributed by atoms with Crippen molar-refractivity contribution in [2.24, 2.45) is 0 Å². The lowest BCUT2D eigenvalue weighted by atomic mass is 10.2. The number of hydrogen-bond acceptors (Lipinski definition) is 3. The zero-order valence-corrected chi connectivity index (χ0v) is 10.2. The van der Waals surface area contributed by atoms with Crippen LogP contribution in [0.3, 0.4) is 0 Å². The van der Waals surface area contributed by atoms with E-state index in [2.05, 4.69) is 0 Å². The van der Waals surface area contributed by atoms with E-state index >= 15 is 0 Å². The van der Waals surface area contributed by atoms with Crippen LogP contribution in [0.1, 0.15) is 0 Å². The quantitative estimate of drug-likeness (QED) is 0.798. The van der Waals surface area contributed by atoms with Crippen LogP contribution in [-0.4, -0.2) is 44.6 Å². The van der Waals surface area contributed by atoms with Gasteiger partial charge in [-0.1, -0.05) is 0 Å². The van der Waals surface area contributed by atoms with Crippen molar-refractivity contribution in [2.75, 3.05) is 38.7 Å². The molecule has 2 rings (SSSR count). The van der Waals surface area contributed by atoms with Crippen LogP contribution < -0.4 is 9.64 Å². The monoisotopic (exact) mass is 256 g/mol. The molecule has 0 aliphatic carbocycles. The van der Waals surface area contributed by atoms with Crippen LogP contribution in [0.25, 0.3) is 0 Å². The van der Waals surface area contributed by atoms with Gasteiger partial charge in [0.15, 0.2) is 11.6 Å². The summed E-state index contributed by atoms with van der Waals surface area (Å²) in [7, 11) is 3.30. The number of nitrogens with zero attached hydrogens (tertiary/aromatic N) is 2. The molecule has 0 spiro atoms. The van der Waals surface area contributed by atoms with Gasteiger partial charge in [0.2, 0.25) is 11.7 Å². The van der Waals surface area contributed by atoms with E-state index in [1.807, 2.05) is 0 Å². The van der Waals surface area contributed by atoms with E-state index in [-0.39, 0.29) is 24.8 Å². The van der Waals surface area contributed by atoms with Crippen molar-refractivity contribution >= 4 is 11.6 Å². The molecule has 1 amide bonds. The molecule has 1 heterocycles. The summed E-state index contributed by atoms with van der Waals surface area (Å²) in [4.78, 5) is 14.8. The third kappa shape index (κ3) is 2.23. The van der Waals surface area contributed by atoms with Crippen LogP contribution in [-0.2, 0) is 4.79 Å². The minimum absolute atomic E-state index is 0.104. The highest BCUT2D eigenvalue weighted by atomic mass is 19.2. The van der Waals surface area contributed by atoms with Crippen LogP contribution >= 0.6 is 0 Å². The second kappa shape index (κ2) is 4.80. The average molecular weight is 256 g/mol. The molecule has 0 unspecified atom stereocenters. The van der Waals surface area contributed by atoms with Gasteiger partial charge in [0.1, 0.15) is 6.61 Å². The number of benzene rings is 1. The van der Waals surface area contributed by atoms with Crippen molar-refractivity contribution in [2.45, 2.75) is 0 Å². The number of fused-ring (bicyclic) bond motifs is 1. The first kappa shape index (κ1) is 12.6. The smallest absolute Gasteiger partial charge is 0.241 e. The number of halogens is 2. The number of likely N-dealkylation sites (N-methyl/N-ethyl adjacent to an activating group) is 1. The van der Waals surface area contributed by atoms with Crippen LogP contribution in [0.5, 0.6) is 5.75 Å². The molecular weight excluding hydrogens is 242 g/mol. The van der Waals surface area contributed by atoms with Crippen molar-refractivity contribution in [3.05, 3.63) is 23.8 Å². The van der Waals surface area contributed by atoms with Gasteiger partial charge in [-0.15, -0.1) is 0 Å². The van der Waals surface area contributed by atoms with E-state index in [0.717, 1.165) is 6.07 Å². The molecular formula is C12H14F2N2O2. The molecule has 0 radical (unpaired) electrons. The van der Waals surface area contributed by atoms with E-state index in [4.69, 9.17) is 4.74 Å². The predicted octanol–water partition coefficient (Wildman–Crippen LogP) is 1.25. The second-order valence-corrected chi connectivity index (χ2v) is 4.27. The second-order valence-electron chi connectivity index (χ2n) is 4.27. The molecule has 0 bridgehead atoms. The molecule has 1 aliphatic heterocycles. The Hall–Kier alpha value is -1.85. The minimum Gasteiger partial charge on any atom is -0.486 e. The first-order chi connectivity index (χ1) is 8.50. The van der Waals surface area contributed by atoms with Crippen molar-refractivity contribution < 1.29 is 18.3 Å². The molecule has 1 aliphatic rings. The zero-order valence-electron chi connectivity index (χ0n) is 10.2. The fourth-order valence-electron chi connectivity index (χ4n) is 1.76. The molecule has 0 fully saturated rings. The van der Waals surface area contributed by atoms with Gasteiger partial charge in [0.25, 0.3) is 0 Å². The lowest BCUT2D eigenvalue weighted by molar-refractivity contribution is -0.127. The first-order valence-corrected chi connectivity index (χ1v) is 5.56. The molecule has 4 nitrogen and oxygen atoms in total. The van der Waals surface area contributed by atoms with E-state index in [1.165, 1.54) is 11.0 Å². The fraction of sp³-hybridized carbons (Fsp3) is 0.417. The zero-order chi connectivity index (χ0) is 13.3. The Kier molecular flexibility index (Phi) is 3.36. The first-order valence-electron chi connectivity index (χ1n) is 5.56. The predicted molar refractivity (Wildman–Crippen MR) is 62.8 cm³/mol. The SMILES string of the molecule is CN(C)C(=O)CN1CCOc2c1ccc(F)c2F. The summed E-state index contributed by atoms with van der Waals surface area (Å²) < 4.78 is 31.7. The highest BCUT2D eigenvalue weighted by molar-refractivity contribution is 5.82. The maximum absolute atomic E-state index is 13.5. The van der Waals surface area contributed by atoms with E-state index in [1.54, 1.807) is 19.0 Å². The molecule has 1 aromatic carbocycles. The lowest BCUT2D eigenvalue weighted by Crippen LogP contribution is -2.41. The average Bonchev–Trinajstić information content (AvgIpc) is 2.34. The van der Waals surface area contributed by atoms with Crippen LogP contribution in [0.15, 0.2) is 12.1 Å². The van der Waals surface area contributed by atoms with Crippen LogP contribution in [0, 0.1) is 11.6 Å². The molecule has 0 saturated heterocycles. The van der Waals surface area contributed by atoms with Crippen molar-refractivity contribution in [1.82, 2.24) is 4.90 Å². The number of anilines is 1. The summed E-state index contributed by atoms with van der Waals surface area (Å²) in [6, 6.07) is 2.46. The standard InChI is InChI=1S/C12H14F2N2O2/c1-15(2)10(17)7-16-5-6-18-12-9(16)4-3-8(13)11(12)14/h3-4H,5-7H2,1-2H3. The van der Waals surface area contributed by atoms with Gasteiger partial charge in [0.05, 0.1) is 18.8 Å². The number of carbonyl (C=O) groups excluding carboxylic acids is 1. The maximum Gasteiger partial charge on any atom is 0.241 e. The molecule has 0 aromatic heterocycles. The molecule has 0 atom stereocenters. The molecule has 0 saturated carbocycles. The number of amides is 1. The molecule has 98 valence electrons. The van der Waals surface area contributed by atoms with Gasteiger partial charge in [-0.05, 0) is 12.1 Å². The number of carbonyl (C=O) groups is 1. The highest BCUT2D eigenvalue weighted by Crippen LogP contribution is 2.35. The fourth-order valence-corrected chi connectivity index (χ4v) is 1.76. The van der Waals surface area contributed by atoms with Gasteiger partial charge >= 0.3 is 0 Å². The summed E-state index contributed by atoms with van der Waals surface area (Å²) in [6.45, 7) is 0.820. The largest absolute Gasteiger partial charge is 0.486 e. The minimum atomic E-state index is -1.01. The Bertz CT molecular complexity index is 477. The highest BCUT2D eigenvalue weighted by Gasteiger charge is 2.25. The van der Waals surface area contributed by atoms with Crippen molar-refractivity contribution in [3.8, 4) is 5.75 Å². The van der Waals surface area contributed by atoms with E-state index < -0.39 is 11.6 Å². The number of hydrogen-bond donors (Lipinski definition) is 0. The summed E-state index contributed by atoms with van der Waals surface area (Å²) in [5.41, 5.74) is 0.412. The number of rotatable bonds is 2. The van der Waals surface area contributed by atoms with E-state index in [0.29, 0.717) is 12.2 Å². The van der Waals surface area contributed by atoms with Gasteiger partial charge in [0, 0.05) is 14.1 Å². The molecule has 1 aromatic rings.